The third-order valence-electron chi connectivity index (χ3n) is 3.04. The van der Waals surface area contributed by atoms with Gasteiger partial charge in [0.25, 0.3) is 0 Å². The number of hydrogen-bond donors (Lipinski definition) is 1. The highest BCUT2D eigenvalue weighted by molar-refractivity contribution is 5.59. The molecular formula is C14H18N4O3. The molecule has 0 radical (unpaired) electrons. The zero-order valence-corrected chi connectivity index (χ0v) is 12.3. The van der Waals surface area contributed by atoms with E-state index in [1.54, 1.807) is 14.0 Å². The maximum atomic E-state index is 11.1. The lowest BCUT2D eigenvalue weighted by Crippen LogP contribution is -2.06. The van der Waals surface area contributed by atoms with Gasteiger partial charge in [0.2, 0.25) is 5.82 Å². The molecule has 2 rings (SSSR count). The molecule has 0 atom stereocenters. The third-order valence-corrected chi connectivity index (χ3v) is 3.04. The van der Waals surface area contributed by atoms with Crippen molar-refractivity contribution in [1.29, 1.82) is 0 Å². The smallest absolute Gasteiger partial charge is 0.333 e. The van der Waals surface area contributed by atoms with Crippen LogP contribution in [0.2, 0.25) is 0 Å². The molecule has 2 aromatic rings. The second kappa shape index (κ2) is 6.25. The second-order valence-corrected chi connectivity index (χ2v) is 4.60. The van der Waals surface area contributed by atoms with Crippen LogP contribution in [0, 0.1) is 17.0 Å². The van der Waals surface area contributed by atoms with Gasteiger partial charge < -0.3 is 10.1 Å². The minimum Gasteiger partial charge on any atom is -0.494 e. The predicted octanol–water partition coefficient (Wildman–Crippen LogP) is 2.65. The van der Waals surface area contributed by atoms with Crippen LogP contribution >= 0.6 is 0 Å². The van der Waals surface area contributed by atoms with E-state index < -0.39 is 4.92 Å². The summed E-state index contributed by atoms with van der Waals surface area (Å²) in [4.78, 5) is 10.7. The first-order valence-corrected chi connectivity index (χ1v) is 6.66. The summed E-state index contributed by atoms with van der Waals surface area (Å²) >= 11 is 0. The monoisotopic (exact) mass is 290 g/mol. The Hall–Kier alpha value is -2.57. The molecule has 0 amide bonds. The van der Waals surface area contributed by atoms with Crippen LogP contribution in [-0.2, 0) is 13.6 Å². The maximum absolute atomic E-state index is 11.1. The van der Waals surface area contributed by atoms with Gasteiger partial charge in [-0.3, -0.25) is 10.1 Å². The molecule has 1 heterocycles. The molecule has 0 aliphatic rings. The number of anilines is 1. The van der Waals surface area contributed by atoms with Crippen LogP contribution in [0.3, 0.4) is 0 Å². The van der Waals surface area contributed by atoms with Crippen LogP contribution in [0.1, 0.15) is 18.2 Å². The van der Waals surface area contributed by atoms with Crippen LogP contribution in [0.4, 0.5) is 11.5 Å². The van der Waals surface area contributed by atoms with Gasteiger partial charge in [-0.25, -0.2) is 4.68 Å². The minimum atomic E-state index is -0.415. The Morgan fingerprint density at radius 1 is 1.48 bits per heavy atom. The van der Waals surface area contributed by atoms with E-state index in [4.69, 9.17) is 4.74 Å². The molecule has 0 saturated carbocycles. The summed E-state index contributed by atoms with van der Waals surface area (Å²) in [5, 5.41) is 18.3. The number of nitro groups is 1. The molecule has 1 N–H and O–H groups in total. The number of ether oxygens (including phenoxy) is 1. The standard InChI is InChI=1S/C14H18N4O3/c1-4-21-12-7-5-6-11(8-12)9-15-14-13(18(19)20)10(2)16-17(14)3/h5-8,15H,4,9H2,1-3H3. The fraction of sp³-hybridized carbons (Fsp3) is 0.357. The summed E-state index contributed by atoms with van der Waals surface area (Å²) in [7, 11) is 1.68. The molecule has 0 saturated heterocycles. The molecule has 0 aliphatic heterocycles. The van der Waals surface area contributed by atoms with Gasteiger partial charge in [0.1, 0.15) is 11.4 Å². The van der Waals surface area contributed by atoms with Crippen molar-refractivity contribution in [3.8, 4) is 5.75 Å². The zero-order valence-electron chi connectivity index (χ0n) is 12.3. The van der Waals surface area contributed by atoms with Gasteiger partial charge in [-0.1, -0.05) is 12.1 Å². The third kappa shape index (κ3) is 3.31. The van der Waals surface area contributed by atoms with E-state index in [0.717, 1.165) is 11.3 Å². The molecule has 7 heteroatoms. The Kier molecular flexibility index (Phi) is 4.42. The quantitative estimate of drug-likeness (QED) is 0.653. The molecular weight excluding hydrogens is 272 g/mol. The molecule has 0 bridgehead atoms. The number of aromatic nitrogens is 2. The summed E-state index contributed by atoms with van der Waals surface area (Å²) < 4.78 is 6.92. The number of rotatable bonds is 6. The highest BCUT2D eigenvalue weighted by Crippen LogP contribution is 2.27. The topological polar surface area (TPSA) is 82.2 Å². The number of nitrogens with zero attached hydrogens (tertiary/aromatic N) is 3. The van der Waals surface area contributed by atoms with Gasteiger partial charge >= 0.3 is 5.69 Å². The summed E-state index contributed by atoms with van der Waals surface area (Å²) in [6.07, 6.45) is 0. The van der Waals surface area contributed by atoms with Crippen molar-refractivity contribution < 1.29 is 9.66 Å². The van der Waals surface area contributed by atoms with E-state index in [1.165, 1.54) is 4.68 Å². The fourth-order valence-corrected chi connectivity index (χ4v) is 2.16. The van der Waals surface area contributed by atoms with Crippen molar-refractivity contribution in [2.75, 3.05) is 11.9 Å². The molecule has 0 fully saturated rings. The number of aryl methyl sites for hydroxylation is 2. The predicted molar refractivity (Wildman–Crippen MR) is 79.5 cm³/mol. The lowest BCUT2D eigenvalue weighted by molar-refractivity contribution is -0.384. The first-order valence-electron chi connectivity index (χ1n) is 6.66. The van der Waals surface area contributed by atoms with Crippen LogP contribution in [0.5, 0.6) is 5.75 Å². The van der Waals surface area contributed by atoms with Crippen molar-refractivity contribution in [3.63, 3.8) is 0 Å². The minimum absolute atomic E-state index is 0.0125. The Bertz CT molecular complexity index is 652. The largest absolute Gasteiger partial charge is 0.494 e. The van der Waals surface area contributed by atoms with Crippen molar-refractivity contribution in [3.05, 3.63) is 45.6 Å². The Labute approximate surface area is 122 Å². The van der Waals surface area contributed by atoms with Crippen molar-refractivity contribution in [1.82, 2.24) is 9.78 Å². The second-order valence-electron chi connectivity index (χ2n) is 4.60. The Morgan fingerprint density at radius 2 is 2.24 bits per heavy atom. The number of hydrogen-bond acceptors (Lipinski definition) is 5. The number of nitrogens with one attached hydrogen (secondary N) is 1. The molecule has 112 valence electrons. The van der Waals surface area contributed by atoms with Crippen LogP contribution < -0.4 is 10.1 Å². The van der Waals surface area contributed by atoms with Crippen molar-refractivity contribution in [2.24, 2.45) is 7.05 Å². The first-order chi connectivity index (χ1) is 10.0. The summed E-state index contributed by atoms with van der Waals surface area (Å²) in [6, 6.07) is 7.62. The van der Waals surface area contributed by atoms with Crippen molar-refractivity contribution >= 4 is 11.5 Å². The lowest BCUT2D eigenvalue weighted by atomic mass is 10.2. The van der Waals surface area contributed by atoms with Gasteiger partial charge in [-0.15, -0.1) is 0 Å². The zero-order chi connectivity index (χ0) is 15.4. The Morgan fingerprint density at radius 3 is 2.90 bits per heavy atom. The van der Waals surface area contributed by atoms with Gasteiger partial charge in [-0.2, -0.15) is 5.10 Å². The van der Waals surface area contributed by atoms with Crippen molar-refractivity contribution in [2.45, 2.75) is 20.4 Å². The molecule has 7 nitrogen and oxygen atoms in total. The molecule has 0 aliphatic carbocycles. The van der Waals surface area contributed by atoms with Crippen LogP contribution in [0.25, 0.3) is 0 Å². The van der Waals surface area contributed by atoms with Gasteiger partial charge in [0.05, 0.1) is 11.5 Å². The van der Waals surface area contributed by atoms with E-state index in [2.05, 4.69) is 10.4 Å². The van der Waals surface area contributed by atoms with Crippen LogP contribution in [-0.4, -0.2) is 21.3 Å². The molecule has 1 aromatic heterocycles. The normalized spacial score (nSPS) is 10.4. The molecule has 0 spiro atoms. The van der Waals surface area contributed by atoms with E-state index in [-0.39, 0.29) is 5.69 Å². The molecule has 1 aromatic carbocycles. The van der Waals surface area contributed by atoms with E-state index >= 15 is 0 Å². The summed E-state index contributed by atoms with van der Waals surface area (Å²) in [5.41, 5.74) is 1.39. The average molecular weight is 290 g/mol. The van der Waals surface area contributed by atoms with E-state index in [0.29, 0.717) is 24.7 Å². The van der Waals surface area contributed by atoms with Gasteiger partial charge in [0.15, 0.2) is 0 Å². The number of benzene rings is 1. The average Bonchev–Trinajstić information content (AvgIpc) is 2.71. The fourth-order valence-electron chi connectivity index (χ4n) is 2.16. The van der Waals surface area contributed by atoms with Gasteiger partial charge in [-0.05, 0) is 31.5 Å². The molecule has 21 heavy (non-hydrogen) atoms. The summed E-state index contributed by atoms with van der Waals surface area (Å²) in [6.45, 7) is 4.61. The Balaban J connectivity index is 2.17. The SMILES string of the molecule is CCOc1cccc(CNc2c([N+](=O)[O-])c(C)nn2C)c1. The van der Waals surface area contributed by atoms with Gasteiger partial charge in [0, 0.05) is 13.6 Å². The maximum Gasteiger partial charge on any atom is 0.333 e. The molecule has 0 unspecified atom stereocenters. The summed E-state index contributed by atoms with van der Waals surface area (Å²) in [5.74, 6) is 1.19. The van der Waals surface area contributed by atoms with E-state index in [1.807, 2.05) is 31.2 Å². The van der Waals surface area contributed by atoms with E-state index in [9.17, 15) is 10.1 Å². The highest BCUT2D eigenvalue weighted by atomic mass is 16.6. The van der Waals surface area contributed by atoms with Crippen LogP contribution in [0.15, 0.2) is 24.3 Å². The highest BCUT2D eigenvalue weighted by Gasteiger charge is 2.23. The lowest BCUT2D eigenvalue weighted by Gasteiger charge is -2.08. The first kappa shape index (κ1) is 14.8.